The van der Waals surface area contributed by atoms with E-state index in [-0.39, 0.29) is 0 Å². The van der Waals surface area contributed by atoms with Crippen LogP contribution in [0.3, 0.4) is 0 Å². The molecule has 0 amide bonds. The van der Waals surface area contributed by atoms with Gasteiger partial charge >= 0.3 is 0 Å². The summed E-state index contributed by atoms with van der Waals surface area (Å²) < 4.78 is 1.93. The van der Waals surface area contributed by atoms with Crippen molar-refractivity contribution < 1.29 is 0 Å². The van der Waals surface area contributed by atoms with Crippen LogP contribution in [0.1, 0.15) is 47.2 Å². The van der Waals surface area contributed by atoms with E-state index in [9.17, 15) is 0 Å². The molecule has 4 heterocycles. The average molecular weight is 322 g/mol. The van der Waals surface area contributed by atoms with Crippen molar-refractivity contribution in [2.75, 3.05) is 6.54 Å². The lowest BCUT2D eigenvalue weighted by atomic mass is 10.1. The summed E-state index contributed by atoms with van der Waals surface area (Å²) in [6.45, 7) is 8.02. The van der Waals surface area contributed by atoms with Crippen molar-refractivity contribution in [3.8, 4) is 0 Å². The Bertz CT molecular complexity index is 884. The minimum atomic E-state index is 0.332. The zero-order valence-corrected chi connectivity index (χ0v) is 14.4. The molecule has 1 aliphatic rings. The van der Waals surface area contributed by atoms with Crippen LogP contribution in [0.5, 0.6) is 0 Å². The van der Waals surface area contributed by atoms with Crippen molar-refractivity contribution >= 4 is 5.65 Å². The fraction of sp³-hybridized carbons (Fsp3) is 0.444. The van der Waals surface area contributed by atoms with Gasteiger partial charge in [-0.1, -0.05) is 0 Å². The van der Waals surface area contributed by atoms with Gasteiger partial charge in [0.15, 0.2) is 5.65 Å². The zero-order chi connectivity index (χ0) is 16.7. The highest BCUT2D eigenvalue weighted by atomic mass is 15.3. The lowest BCUT2D eigenvalue weighted by molar-refractivity contribution is 0.244. The summed E-state index contributed by atoms with van der Waals surface area (Å²) in [4.78, 5) is 16.2. The van der Waals surface area contributed by atoms with Gasteiger partial charge in [0.1, 0.15) is 0 Å². The van der Waals surface area contributed by atoms with Crippen LogP contribution < -0.4 is 0 Å². The Labute approximate surface area is 141 Å². The van der Waals surface area contributed by atoms with Gasteiger partial charge in [-0.25, -0.2) is 9.50 Å². The summed E-state index contributed by atoms with van der Waals surface area (Å²) in [6, 6.07) is 2.39. The van der Waals surface area contributed by atoms with Crippen LogP contribution in [-0.4, -0.2) is 36.0 Å². The van der Waals surface area contributed by atoms with Crippen LogP contribution in [0.2, 0.25) is 0 Å². The van der Waals surface area contributed by atoms with E-state index in [1.807, 2.05) is 37.0 Å². The Kier molecular flexibility index (Phi) is 3.76. The lowest BCUT2D eigenvalue weighted by Crippen LogP contribution is -2.23. The van der Waals surface area contributed by atoms with E-state index in [0.29, 0.717) is 6.04 Å². The molecule has 6 heteroatoms. The van der Waals surface area contributed by atoms with Crippen LogP contribution in [-0.2, 0) is 6.54 Å². The third kappa shape index (κ3) is 2.67. The Hall–Kier alpha value is -2.34. The molecule has 1 aliphatic heterocycles. The van der Waals surface area contributed by atoms with Crippen molar-refractivity contribution in [1.29, 1.82) is 0 Å². The van der Waals surface area contributed by atoms with Crippen molar-refractivity contribution in [1.82, 2.24) is 29.5 Å². The summed E-state index contributed by atoms with van der Waals surface area (Å²) >= 11 is 0. The fourth-order valence-electron chi connectivity index (χ4n) is 3.64. The van der Waals surface area contributed by atoms with Gasteiger partial charge in [0.2, 0.25) is 0 Å². The molecule has 0 aliphatic carbocycles. The van der Waals surface area contributed by atoms with E-state index in [4.69, 9.17) is 4.98 Å². The minimum absolute atomic E-state index is 0.332. The molecule has 6 nitrogen and oxygen atoms in total. The molecule has 0 aromatic carbocycles. The fourth-order valence-corrected chi connectivity index (χ4v) is 3.64. The molecule has 0 bridgehead atoms. The Morgan fingerprint density at radius 2 is 1.96 bits per heavy atom. The SMILES string of the molecule is Cc1cncc([C@H]2CCCN2Cc2cnn3c(C)cc(C)nc23)n1. The number of nitrogens with zero attached hydrogens (tertiary/aromatic N) is 6. The Morgan fingerprint density at radius 3 is 2.79 bits per heavy atom. The number of hydrogen-bond donors (Lipinski definition) is 0. The van der Waals surface area contributed by atoms with Crippen LogP contribution in [0.4, 0.5) is 0 Å². The zero-order valence-electron chi connectivity index (χ0n) is 14.4. The topological polar surface area (TPSA) is 59.2 Å². The van der Waals surface area contributed by atoms with E-state index in [0.717, 1.165) is 47.9 Å². The predicted octanol–water partition coefficient (Wildman–Crippen LogP) is 2.78. The van der Waals surface area contributed by atoms with E-state index in [2.05, 4.69) is 33.0 Å². The second kappa shape index (κ2) is 5.94. The first-order chi connectivity index (χ1) is 11.6. The smallest absolute Gasteiger partial charge is 0.159 e. The highest BCUT2D eigenvalue weighted by Gasteiger charge is 2.28. The van der Waals surface area contributed by atoms with Crippen molar-refractivity contribution in [3.05, 3.63) is 53.0 Å². The minimum Gasteiger partial charge on any atom is -0.290 e. The molecule has 0 N–H and O–H groups in total. The van der Waals surface area contributed by atoms with Gasteiger partial charge in [-0.3, -0.25) is 14.9 Å². The molecule has 1 saturated heterocycles. The summed E-state index contributed by atoms with van der Waals surface area (Å²) in [5.74, 6) is 0. The second-order valence-electron chi connectivity index (χ2n) is 6.66. The highest BCUT2D eigenvalue weighted by Crippen LogP contribution is 2.32. The number of aryl methyl sites for hydroxylation is 3. The third-order valence-corrected chi connectivity index (χ3v) is 4.70. The number of rotatable bonds is 3. The molecule has 1 atom stereocenters. The van der Waals surface area contributed by atoms with Gasteiger partial charge < -0.3 is 0 Å². The van der Waals surface area contributed by atoms with Gasteiger partial charge in [0.05, 0.1) is 23.6 Å². The standard InChI is InChI=1S/C18H22N6/c1-12-7-14(3)24-18(22-12)15(9-20-24)11-23-6-4-5-17(23)16-10-19-8-13(2)21-16/h7-10,17H,4-6,11H2,1-3H3/t17-/m1/s1. The molecule has 0 spiro atoms. The van der Waals surface area contributed by atoms with Gasteiger partial charge in [-0.15, -0.1) is 0 Å². The summed E-state index contributed by atoms with van der Waals surface area (Å²) in [7, 11) is 0. The molecule has 124 valence electrons. The normalized spacial score (nSPS) is 18.5. The molecule has 3 aromatic rings. The molecule has 4 rings (SSSR count). The van der Waals surface area contributed by atoms with Crippen LogP contribution in [0, 0.1) is 20.8 Å². The first kappa shape index (κ1) is 15.2. The van der Waals surface area contributed by atoms with E-state index < -0.39 is 0 Å². The number of hydrogen-bond acceptors (Lipinski definition) is 5. The van der Waals surface area contributed by atoms with Gasteiger partial charge in [0, 0.05) is 35.9 Å². The average Bonchev–Trinajstić information content (AvgIpc) is 3.15. The van der Waals surface area contributed by atoms with E-state index in [1.54, 1.807) is 0 Å². The van der Waals surface area contributed by atoms with Gasteiger partial charge in [-0.2, -0.15) is 5.10 Å². The molecule has 1 fully saturated rings. The number of likely N-dealkylation sites (tertiary alicyclic amines) is 1. The maximum absolute atomic E-state index is 4.70. The predicted molar refractivity (Wildman–Crippen MR) is 91.6 cm³/mol. The molecular weight excluding hydrogens is 300 g/mol. The third-order valence-electron chi connectivity index (χ3n) is 4.70. The van der Waals surface area contributed by atoms with Crippen LogP contribution in [0.15, 0.2) is 24.7 Å². The molecule has 24 heavy (non-hydrogen) atoms. The van der Waals surface area contributed by atoms with Crippen LogP contribution in [0.25, 0.3) is 5.65 Å². The van der Waals surface area contributed by atoms with Crippen LogP contribution >= 0.6 is 0 Å². The highest BCUT2D eigenvalue weighted by molar-refractivity contribution is 5.48. The summed E-state index contributed by atoms with van der Waals surface area (Å²) in [5.41, 5.74) is 6.34. The number of aromatic nitrogens is 5. The summed E-state index contributed by atoms with van der Waals surface area (Å²) in [6.07, 6.45) is 7.97. The van der Waals surface area contributed by atoms with Crippen molar-refractivity contribution in [2.24, 2.45) is 0 Å². The molecule has 0 unspecified atom stereocenters. The van der Waals surface area contributed by atoms with E-state index >= 15 is 0 Å². The molecular formula is C18H22N6. The summed E-state index contributed by atoms with van der Waals surface area (Å²) in [5, 5.41) is 4.51. The largest absolute Gasteiger partial charge is 0.290 e. The quantitative estimate of drug-likeness (QED) is 0.742. The maximum atomic E-state index is 4.70. The molecule has 0 saturated carbocycles. The second-order valence-corrected chi connectivity index (χ2v) is 6.66. The Balaban J connectivity index is 1.65. The van der Waals surface area contributed by atoms with E-state index in [1.165, 1.54) is 12.0 Å². The molecule has 3 aromatic heterocycles. The first-order valence-corrected chi connectivity index (χ1v) is 8.45. The van der Waals surface area contributed by atoms with Crippen molar-refractivity contribution in [2.45, 2.75) is 46.2 Å². The Morgan fingerprint density at radius 1 is 1.08 bits per heavy atom. The molecule has 0 radical (unpaired) electrons. The van der Waals surface area contributed by atoms with Crippen molar-refractivity contribution in [3.63, 3.8) is 0 Å². The monoisotopic (exact) mass is 322 g/mol. The van der Waals surface area contributed by atoms with Gasteiger partial charge in [-0.05, 0) is 46.2 Å². The first-order valence-electron chi connectivity index (χ1n) is 8.45. The maximum Gasteiger partial charge on any atom is 0.159 e. The van der Waals surface area contributed by atoms with Gasteiger partial charge in [0.25, 0.3) is 0 Å². The lowest BCUT2D eigenvalue weighted by Gasteiger charge is -2.23. The number of fused-ring (bicyclic) bond motifs is 1.